The number of nitrogens with one attached hydrogen (secondary N) is 1. The number of aromatic amines is 1. The van der Waals surface area contributed by atoms with Gasteiger partial charge in [-0.25, -0.2) is 9.98 Å². The van der Waals surface area contributed by atoms with Gasteiger partial charge in [0.2, 0.25) is 11.7 Å². The molecular formula is C24H23N3O5. The predicted molar refractivity (Wildman–Crippen MR) is 119 cm³/mol. The Morgan fingerprint density at radius 2 is 2.22 bits per heavy atom. The highest BCUT2D eigenvalue weighted by molar-refractivity contribution is 6.27. The maximum absolute atomic E-state index is 13.1. The topological polar surface area (TPSA) is 114 Å². The Morgan fingerprint density at radius 1 is 1.38 bits per heavy atom. The van der Waals surface area contributed by atoms with E-state index in [0.717, 1.165) is 16.5 Å². The van der Waals surface area contributed by atoms with Crippen molar-refractivity contribution in [3.8, 4) is 0 Å². The summed E-state index contributed by atoms with van der Waals surface area (Å²) in [5, 5.41) is 9.96. The lowest BCUT2D eigenvalue weighted by Crippen LogP contribution is -2.27. The Bertz CT molecular complexity index is 1240. The number of fused-ring (bicyclic) bond motifs is 1. The van der Waals surface area contributed by atoms with Crippen LogP contribution in [-0.4, -0.2) is 45.9 Å². The molecule has 164 valence electrons. The normalized spacial score (nSPS) is 18.5. The molecule has 0 spiro atoms. The van der Waals surface area contributed by atoms with Crippen molar-refractivity contribution in [3.63, 3.8) is 0 Å². The van der Waals surface area contributed by atoms with Crippen molar-refractivity contribution in [2.45, 2.75) is 20.3 Å². The zero-order valence-electron chi connectivity index (χ0n) is 17.8. The zero-order chi connectivity index (χ0) is 22.7. The van der Waals surface area contributed by atoms with Crippen LogP contribution in [-0.2, 0) is 25.5 Å². The number of pyridine rings is 1. The average molecular weight is 433 g/mol. The SMILES string of the molecule is CCOC(=O)C1C(=O)/C(=C/c2c[nH]c3ncccc23)OC1=Nc1ccc(CCO)cc1C. The van der Waals surface area contributed by atoms with Crippen LogP contribution < -0.4 is 0 Å². The molecule has 1 fully saturated rings. The summed E-state index contributed by atoms with van der Waals surface area (Å²) in [5.41, 5.74) is 3.76. The number of ketones is 1. The summed E-state index contributed by atoms with van der Waals surface area (Å²) in [6, 6.07) is 9.19. The molecule has 1 aromatic carbocycles. The Morgan fingerprint density at radius 3 is 2.97 bits per heavy atom. The van der Waals surface area contributed by atoms with E-state index in [2.05, 4.69) is 15.0 Å². The van der Waals surface area contributed by atoms with Gasteiger partial charge in [0.15, 0.2) is 11.7 Å². The number of hydrogen-bond acceptors (Lipinski definition) is 7. The van der Waals surface area contributed by atoms with Gasteiger partial charge in [-0.05, 0) is 55.7 Å². The minimum Gasteiger partial charge on any atom is -0.465 e. The highest BCUT2D eigenvalue weighted by Crippen LogP contribution is 2.30. The highest BCUT2D eigenvalue weighted by Gasteiger charge is 2.44. The molecule has 3 heterocycles. The number of hydrogen-bond donors (Lipinski definition) is 2. The molecule has 0 bridgehead atoms. The van der Waals surface area contributed by atoms with E-state index < -0.39 is 17.7 Å². The van der Waals surface area contributed by atoms with Gasteiger partial charge in [0, 0.05) is 30.0 Å². The number of rotatable bonds is 6. The van der Waals surface area contributed by atoms with Crippen molar-refractivity contribution in [2.75, 3.05) is 13.2 Å². The van der Waals surface area contributed by atoms with Gasteiger partial charge >= 0.3 is 5.97 Å². The Kier molecular flexibility index (Phi) is 6.13. The monoisotopic (exact) mass is 433 g/mol. The lowest BCUT2D eigenvalue weighted by Gasteiger charge is -2.08. The number of ether oxygens (including phenoxy) is 2. The average Bonchev–Trinajstić information content (AvgIpc) is 3.32. The predicted octanol–water partition coefficient (Wildman–Crippen LogP) is 3.26. The van der Waals surface area contributed by atoms with Crippen LogP contribution in [0.25, 0.3) is 17.1 Å². The van der Waals surface area contributed by atoms with Crippen molar-refractivity contribution in [2.24, 2.45) is 10.9 Å². The number of allylic oxidation sites excluding steroid dienone is 1. The maximum Gasteiger partial charge on any atom is 0.326 e. The molecule has 8 heteroatoms. The van der Waals surface area contributed by atoms with E-state index in [-0.39, 0.29) is 24.9 Å². The first-order valence-electron chi connectivity index (χ1n) is 10.3. The number of nitrogens with zero attached hydrogens (tertiary/aromatic N) is 2. The van der Waals surface area contributed by atoms with Crippen molar-refractivity contribution in [3.05, 3.63) is 65.2 Å². The summed E-state index contributed by atoms with van der Waals surface area (Å²) in [4.78, 5) is 37.4. The van der Waals surface area contributed by atoms with Crippen molar-refractivity contribution >= 4 is 40.4 Å². The molecule has 0 radical (unpaired) electrons. The van der Waals surface area contributed by atoms with E-state index in [1.807, 2.05) is 25.1 Å². The molecule has 8 nitrogen and oxygen atoms in total. The summed E-state index contributed by atoms with van der Waals surface area (Å²) < 4.78 is 10.9. The second-order valence-electron chi connectivity index (χ2n) is 7.35. The zero-order valence-corrected chi connectivity index (χ0v) is 17.8. The molecule has 0 amide bonds. The van der Waals surface area contributed by atoms with Crippen LogP contribution in [0, 0.1) is 12.8 Å². The molecule has 2 N–H and O–H groups in total. The van der Waals surface area contributed by atoms with Crippen LogP contribution >= 0.6 is 0 Å². The van der Waals surface area contributed by atoms with Crippen molar-refractivity contribution < 1.29 is 24.2 Å². The summed E-state index contributed by atoms with van der Waals surface area (Å²) in [7, 11) is 0. The van der Waals surface area contributed by atoms with Gasteiger partial charge in [-0.15, -0.1) is 0 Å². The molecule has 1 aliphatic rings. The molecule has 1 saturated heterocycles. The number of aliphatic imine (C=N–C) groups is 1. The highest BCUT2D eigenvalue weighted by atomic mass is 16.5. The van der Waals surface area contributed by atoms with E-state index in [9.17, 15) is 9.59 Å². The standard InChI is InChI=1S/C24H23N3O5/c1-3-31-24(30)20-21(29)19(12-16-13-26-22-17(16)5-4-9-25-22)32-23(20)27-18-7-6-15(8-10-28)11-14(18)2/h4-7,9,11-13,20,28H,3,8,10H2,1-2H3,(H,25,26)/b19-12-,27-23?. The lowest BCUT2D eigenvalue weighted by molar-refractivity contribution is -0.147. The maximum atomic E-state index is 13.1. The minimum atomic E-state index is -1.26. The van der Waals surface area contributed by atoms with Crippen LogP contribution in [0.5, 0.6) is 0 Å². The first kappa shape index (κ1) is 21.5. The molecule has 1 unspecified atom stereocenters. The van der Waals surface area contributed by atoms with Gasteiger partial charge in [0.05, 0.1) is 12.3 Å². The van der Waals surface area contributed by atoms with E-state index in [4.69, 9.17) is 14.6 Å². The molecule has 0 aliphatic carbocycles. The van der Waals surface area contributed by atoms with Crippen LogP contribution in [0.1, 0.15) is 23.6 Å². The second kappa shape index (κ2) is 9.15. The van der Waals surface area contributed by atoms with Gasteiger partial charge < -0.3 is 19.6 Å². The molecule has 2 aromatic heterocycles. The summed E-state index contributed by atoms with van der Waals surface area (Å²) in [6.07, 6.45) is 5.50. The Balaban J connectivity index is 1.73. The number of aromatic nitrogens is 2. The fraction of sp³-hybridized carbons (Fsp3) is 0.250. The third-order valence-corrected chi connectivity index (χ3v) is 5.15. The van der Waals surface area contributed by atoms with E-state index >= 15 is 0 Å². The molecular weight excluding hydrogens is 410 g/mol. The first-order chi connectivity index (χ1) is 15.5. The number of aliphatic hydroxyl groups excluding tert-OH is 1. The molecule has 0 saturated carbocycles. The van der Waals surface area contributed by atoms with Gasteiger partial charge in [0.25, 0.3) is 0 Å². The Hall–Kier alpha value is -3.78. The van der Waals surface area contributed by atoms with Crippen LogP contribution in [0.3, 0.4) is 0 Å². The largest absolute Gasteiger partial charge is 0.465 e. The number of esters is 1. The number of aliphatic hydroxyl groups is 1. The van der Waals surface area contributed by atoms with Crippen LogP contribution in [0.4, 0.5) is 5.69 Å². The summed E-state index contributed by atoms with van der Waals surface area (Å²) >= 11 is 0. The summed E-state index contributed by atoms with van der Waals surface area (Å²) in [5.74, 6) is -2.47. The molecule has 1 atom stereocenters. The number of aryl methyl sites for hydroxylation is 1. The Labute approximate surface area is 184 Å². The number of H-pyrrole nitrogens is 1. The summed E-state index contributed by atoms with van der Waals surface area (Å²) in [6.45, 7) is 3.73. The van der Waals surface area contributed by atoms with E-state index in [1.165, 1.54) is 0 Å². The molecule has 32 heavy (non-hydrogen) atoms. The smallest absolute Gasteiger partial charge is 0.326 e. The van der Waals surface area contributed by atoms with Crippen LogP contribution in [0.15, 0.2) is 53.5 Å². The third kappa shape index (κ3) is 4.17. The van der Waals surface area contributed by atoms with Gasteiger partial charge in [-0.3, -0.25) is 9.59 Å². The minimum absolute atomic E-state index is 0.0149. The van der Waals surface area contributed by atoms with Gasteiger partial charge in [-0.1, -0.05) is 12.1 Å². The quantitative estimate of drug-likeness (QED) is 0.350. The number of carbonyl (C=O) groups is 2. The molecule has 1 aliphatic heterocycles. The van der Waals surface area contributed by atoms with Gasteiger partial charge in [-0.2, -0.15) is 0 Å². The fourth-order valence-electron chi connectivity index (χ4n) is 3.58. The second-order valence-corrected chi connectivity index (χ2v) is 7.35. The molecule has 4 rings (SSSR count). The third-order valence-electron chi connectivity index (χ3n) is 5.15. The number of carbonyl (C=O) groups excluding carboxylic acids is 2. The van der Waals surface area contributed by atoms with Crippen LogP contribution in [0.2, 0.25) is 0 Å². The lowest BCUT2D eigenvalue weighted by atomic mass is 10.0. The van der Waals surface area contributed by atoms with E-state index in [0.29, 0.717) is 23.3 Å². The number of benzene rings is 1. The van der Waals surface area contributed by atoms with E-state index in [1.54, 1.807) is 37.5 Å². The molecule has 3 aromatic rings. The first-order valence-corrected chi connectivity index (χ1v) is 10.3. The van der Waals surface area contributed by atoms with Gasteiger partial charge in [0.1, 0.15) is 5.65 Å². The van der Waals surface area contributed by atoms with Crippen molar-refractivity contribution in [1.82, 2.24) is 9.97 Å². The van der Waals surface area contributed by atoms with Crippen molar-refractivity contribution in [1.29, 1.82) is 0 Å². The fourth-order valence-corrected chi connectivity index (χ4v) is 3.58. The number of Topliss-reactive ketones (excluding diaryl/α,β-unsaturated/α-hetero) is 1.